The summed E-state index contributed by atoms with van der Waals surface area (Å²) in [6.07, 6.45) is 1.66. The molecule has 0 aliphatic carbocycles. The van der Waals surface area contributed by atoms with Gasteiger partial charge in [0, 0.05) is 6.20 Å². The van der Waals surface area contributed by atoms with Gasteiger partial charge in [-0.05, 0) is 30.3 Å². The molecule has 2 aromatic rings. The third-order valence-electron chi connectivity index (χ3n) is 2.23. The molecule has 1 aromatic carbocycles. The van der Waals surface area contributed by atoms with Crippen LogP contribution in [-0.4, -0.2) is 16.1 Å². The minimum Gasteiger partial charge on any atom is -0.478 e. The van der Waals surface area contributed by atoms with Gasteiger partial charge >= 0.3 is 5.97 Å². The van der Waals surface area contributed by atoms with E-state index in [4.69, 9.17) is 10.8 Å². The number of carboxylic acid groups (broad SMARTS) is 1. The maximum absolute atomic E-state index is 10.7. The third kappa shape index (κ3) is 2.52. The number of benzene rings is 1. The molecule has 86 valence electrons. The summed E-state index contributed by atoms with van der Waals surface area (Å²) in [5.74, 6) is -0.344. The highest BCUT2D eigenvalue weighted by Crippen LogP contribution is 2.22. The number of aromatic nitrogens is 1. The summed E-state index contributed by atoms with van der Waals surface area (Å²) < 4.78 is 0. The lowest BCUT2D eigenvalue weighted by molar-refractivity contribution is 0.0697. The van der Waals surface area contributed by atoms with E-state index in [9.17, 15) is 4.79 Å². The van der Waals surface area contributed by atoms with E-state index in [2.05, 4.69) is 10.3 Å². The fourth-order valence-electron chi connectivity index (χ4n) is 1.38. The number of hydrogen-bond donors (Lipinski definition) is 3. The van der Waals surface area contributed by atoms with Crippen molar-refractivity contribution in [1.82, 2.24) is 4.98 Å². The van der Waals surface area contributed by atoms with Crippen molar-refractivity contribution in [2.24, 2.45) is 0 Å². The van der Waals surface area contributed by atoms with Crippen molar-refractivity contribution in [2.45, 2.75) is 0 Å². The van der Waals surface area contributed by atoms with Crippen LogP contribution in [0.15, 0.2) is 42.6 Å². The molecule has 1 heterocycles. The highest BCUT2D eigenvalue weighted by molar-refractivity contribution is 5.90. The van der Waals surface area contributed by atoms with Crippen LogP contribution in [0.2, 0.25) is 0 Å². The number of nitrogen functional groups attached to an aromatic ring is 1. The molecule has 17 heavy (non-hydrogen) atoms. The second-order valence-corrected chi connectivity index (χ2v) is 3.45. The Kier molecular flexibility index (Phi) is 2.91. The van der Waals surface area contributed by atoms with Gasteiger partial charge in [0.2, 0.25) is 0 Å². The number of carboxylic acids is 1. The lowest BCUT2D eigenvalue weighted by Gasteiger charge is -2.08. The standard InChI is InChI=1S/C12H11N3O2/c13-9-7-8(12(16)17)4-5-10(9)15-11-3-1-2-6-14-11/h1-7H,13H2,(H,14,15)(H,16,17). The minimum atomic E-state index is -0.999. The van der Waals surface area contributed by atoms with E-state index < -0.39 is 5.97 Å². The molecule has 0 aliphatic rings. The summed E-state index contributed by atoms with van der Waals surface area (Å²) in [5, 5.41) is 11.8. The summed E-state index contributed by atoms with van der Waals surface area (Å²) in [4.78, 5) is 14.8. The Balaban J connectivity index is 2.26. The number of nitrogens with zero attached hydrogens (tertiary/aromatic N) is 1. The maximum atomic E-state index is 10.7. The molecule has 0 saturated carbocycles. The summed E-state index contributed by atoms with van der Waals surface area (Å²) in [6, 6.07) is 9.97. The van der Waals surface area contributed by atoms with E-state index >= 15 is 0 Å². The van der Waals surface area contributed by atoms with Crippen molar-refractivity contribution >= 4 is 23.2 Å². The zero-order valence-corrected chi connectivity index (χ0v) is 8.92. The summed E-state index contributed by atoms with van der Waals surface area (Å²) in [7, 11) is 0. The predicted octanol–water partition coefficient (Wildman–Crippen LogP) is 2.11. The number of rotatable bonds is 3. The second kappa shape index (κ2) is 4.52. The largest absolute Gasteiger partial charge is 0.478 e. The average Bonchev–Trinajstić information content (AvgIpc) is 2.33. The van der Waals surface area contributed by atoms with Crippen LogP contribution in [0.3, 0.4) is 0 Å². The van der Waals surface area contributed by atoms with Crippen LogP contribution in [0.5, 0.6) is 0 Å². The number of anilines is 3. The lowest BCUT2D eigenvalue weighted by atomic mass is 10.2. The maximum Gasteiger partial charge on any atom is 0.335 e. The van der Waals surface area contributed by atoms with Crippen molar-refractivity contribution in [3.8, 4) is 0 Å². The van der Waals surface area contributed by atoms with Gasteiger partial charge < -0.3 is 16.2 Å². The van der Waals surface area contributed by atoms with Crippen LogP contribution in [-0.2, 0) is 0 Å². The second-order valence-electron chi connectivity index (χ2n) is 3.45. The summed E-state index contributed by atoms with van der Waals surface area (Å²) in [5.41, 5.74) is 6.92. The van der Waals surface area contributed by atoms with Crippen molar-refractivity contribution in [3.05, 3.63) is 48.2 Å². The van der Waals surface area contributed by atoms with Gasteiger partial charge in [0.25, 0.3) is 0 Å². The Morgan fingerprint density at radius 1 is 1.29 bits per heavy atom. The molecule has 0 aliphatic heterocycles. The molecular formula is C12H11N3O2. The summed E-state index contributed by atoms with van der Waals surface area (Å²) in [6.45, 7) is 0. The third-order valence-corrected chi connectivity index (χ3v) is 2.23. The molecule has 0 fully saturated rings. The number of pyridine rings is 1. The molecule has 5 nitrogen and oxygen atoms in total. The number of nitrogens with one attached hydrogen (secondary N) is 1. The summed E-state index contributed by atoms with van der Waals surface area (Å²) >= 11 is 0. The van der Waals surface area contributed by atoms with E-state index in [1.807, 2.05) is 12.1 Å². The normalized spacial score (nSPS) is 9.88. The molecule has 2 rings (SSSR count). The molecule has 0 spiro atoms. The smallest absolute Gasteiger partial charge is 0.335 e. The molecule has 1 aromatic heterocycles. The highest BCUT2D eigenvalue weighted by Gasteiger charge is 2.06. The van der Waals surface area contributed by atoms with Gasteiger partial charge in [0.15, 0.2) is 0 Å². The minimum absolute atomic E-state index is 0.161. The number of aromatic carboxylic acids is 1. The molecule has 0 radical (unpaired) electrons. The van der Waals surface area contributed by atoms with E-state index in [0.29, 0.717) is 17.2 Å². The molecule has 4 N–H and O–H groups in total. The van der Waals surface area contributed by atoms with E-state index in [1.165, 1.54) is 12.1 Å². The highest BCUT2D eigenvalue weighted by atomic mass is 16.4. The van der Waals surface area contributed by atoms with Gasteiger partial charge in [0.05, 0.1) is 16.9 Å². The fraction of sp³-hybridized carbons (Fsp3) is 0. The van der Waals surface area contributed by atoms with Crippen molar-refractivity contribution < 1.29 is 9.90 Å². The SMILES string of the molecule is Nc1cc(C(=O)O)ccc1Nc1ccccn1. The molecule has 5 heteroatoms. The van der Waals surface area contributed by atoms with E-state index in [-0.39, 0.29) is 5.56 Å². The van der Waals surface area contributed by atoms with Crippen LogP contribution >= 0.6 is 0 Å². The zero-order valence-electron chi connectivity index (χ0n) is 8.92. The first-order valence-corrected chi connectivity index (χ1v) is 4.97. The van der Waals surface area contributed by atoms with Crippen LogP contribution in [0, 0.1) is 0 Å². The Morgan fingerprint density at radius 2 is 2.12 bits per heavy atom. The van der Waals surface area contributed by atoms with Crippen molar-refractivity contribution in [1.29, 1.82) is 0 Å². The quantitative estimate of drug-likeness (QED) is 0.701. The molecule has 0 unspecified atom stereocenters. The first kappa shape index (κ1) is 10.9. The molecule has 0 saturated heterocycles. The Labute approximate surface area is 97.9 Å². The fourth-order valence-corrected chi connectivity index (χ4v) is 1.38. The van der Waals surface area contributed by atoms with Crippen LogP contribution in [0.25, 0.3) is 0 Å². The monoisotopic (exact) mass is 229 g/mol. The molecule has 0 amide bonds. The Morgan fingerprint density at radius 3 is 2.71 bits per heavy atom. The van der Waals surface area contributed by atoms with Gasteiger partial charge in [-0.1, -0.05) is 6.07 Å². The molecule has 0 atom stereocenters. The van der Waals surface area contributed by atoms with E-state index in [1.54, 1.807) is 18.3 Å². The van der Waals surface area contributed by atoms with Crippen LogP contribution in [0.4, 0.5) is 17.2 Å². The zero-order chi connectivity index (χ0) is 12.3. The molecule has 0 bridgehead atoms. The van der Waals surface area contributed by atoms with Crippen molar-refractivity contribution in [2.75, 3.05) is 11.1 Å². The molecular weight excluding hydrogens is 218 g/mol. The van der Waals surface area contributed by atoms with Crippen molar-refractivity contribution in [3.63, 3.8) is 0 Å². The van der Waals surface area contributed by atoms with Gasteiger partial charge in [-0.2, -0.15) is 0 Å². The first-order chi connectivity index (χ1) is 8.16. The Bertz CT molecular complexity index is 541. The van der Waals surface area contributed by atoms with Gasteiger partial charge in [-0.3, -0.25) is 0 Å². The number of carbonyl (C=O) groups is 1. The Hall–Kier alpha value is -2.56. The van der Waals surface area contributed by atoms with E-state index in [0.717, 1.165) is 0 Å². The lowest BCUT2D eigenvalue weighted by Crippen LogP contribution is -2.01. The van der Waals surface area contributed by atoms with Gasteiger partial charge in [-0.25, -0.2) is 9.78 Å². The first-order valence-electron chi connectivity index (χ1n) is 4.97. The topological polar surface area (TPSA) is 88.2 Å². The number of nitrogens with two attached hydrogens (primary N) is 1. The van der Waals surface area contributed by atoms with Crippen LogP contribution in [0.1, 0.15) is 10.4 Å². The van der Waals surface area contributed by atoms with Gasteiger partial charge in [-0.15, -0.1) is 0 Å². The van der Waals surface area contributed by atoms with Gasteiger partial charge in [0.1, 0.15) is 5.82 Å². The predicted molar refractivity (Wildman–Crippen MR) is 65.3 cm³/mol. The average molecular weight is 229 g/mol. The number of hydrogen-bond acceptors (Lipinski definition) is 4. The van der Waals surface area contributed by atoms with Crippen LogP contribution < -0.4 is 11.1 Å².